The molecule has 6 nitrogen and oxygen atoms in total. The highest BCUT2D eigenvalue weighted by molar-refractivity contribution is 5.95. The van der Waals surface area contributed by atoms with Gasteiger partial charge in [0.05, 0.1) is 6.26 Å². The molecule has 1 aliphatic rings. The van der Waals surface area contributed by atoms with Crippen molar-refractivity contribution in [2.45, 2.75) is 6.04 Å². The van der Waals surface area contributed by atoms with Gasteiger partial charge in [0.25, 0.3) is 0 Å². The third kappa shape index (κ3) is 2.78. The van der Waals surface area contributed by atoms with Gasteiger partial charge in [-0.3, -0.25) is 9.59 Å². The van der Waals surface area contributed by atoms with Gasteiger partial charge in [-0.1, -0.05) is 0 Å². The molecule has 2 amide bonds. The average molecular weight is 249 g/mol. The zero-order valence-corrected chi connectivity index (χ0v) is 9.83. The maximum atomic E-state index is 12.0. The van der Waals surface area contributed by atoms with Gasteiger partial charge in [-0.15, -0.1) is 0 Å². The molecule has 0 radical (unpaired) electrons. The van der Waals surface area contributed by atoms with Crippen molar-refractivity contribution in [3.8, 4) is 0 Å². The second-order valence-corrected chi connectivity index (χ2v) is 4.00. The highest BCUT2D eigenvalue weighted by atomic mass is 16.3. The van der Waals surface area contributed by atoms with Crippen LogP contribution >= 0.6 is 0 Å². The van der Waals surface area contributed by atoms with E-state index >= 15 is 0 Å². The molecule has 0 spiro atoms. The number of nitrogens with two attached hydrogens (primary N) is 1. The number of hydrogen-bond donors (Lipinski definition) is 2. The molecule has 0 aliphatic carbocycles. The molecule has 96 valence electrons. The molecule has 3 N–H and O–H groups in total. The van der Waals surface area contributed by atoms with E-state index in [0.717, 1.165) is 0 Å². The quantitative estimate of drug-likeness (QED) is 0.712. The molecular weight excluding hydrogens is 234 g/mol. The standard InChI is InChI=1S/C12H15N3O3/c13-12(17)10-8-14-5-6-15(10)11(16)4-3-9-2-1-7-18-9/h1-4,7,10,14H,5-6,8H2,(H2,13,17). The lowest BCUT2D eigenvalue weighted by Gasteiger charge is -2.33. The Morgan fingerprint density at radius 2 is 2.39 bits per heavy atom. The van der Waals surface area contributed by atoms with Crippen LogP contribution in [0.15, 0.2) is 28.9 Å². The molecule has 1 atom stereocenters. The first-order valence-electron chi connectivity index (χ1n) is 5.70. The number of hydrogen-bond acceptors (Lipinski definition) is 4. The third-order valence-corrected chi connectivity index (χ3v) is 2.79. The Morgan fingerprint density at radius 1 is 1.56 bits per heavy atom. The average Bonchev–Trinajstić information content (AvgIpc) is 2.89. The molecular formula is C12H15N3O3. The number of primary amides is 1. The number of furan rings is 1. The van der Waals surface area contributed by atoms with E-state index in [4.69, 9.17) is 10.2 Å². The van der Waals surface area contributed by atoms with Crippen molar-refractivity contribution >= 4 is 17.9 Å². The molecule has 2 rings (SSSR count). The van der Waals surface area contributed by atoms with E-state index in [0.29, 0.717) is 25.4 Å². The van der Waals surface area contributed by atoms with Crippen molar-refractivity contribution < 1.29 is 14.0 Å². The number of amides is 2. The van der Waals surface area contributed by atoms with Crippen LogP contribution in [0.2, 0.25) is 0 Å². The van der Waals surface area contributed by atoms with E-state index in [1.54, 1.807) is 18.2 Å². The Hall–Kier alpha value is -2.08. The summed E-state index contributed by atoms with van der Waals surface area (Å²) in [7, 11) is 0. The van der Waals surface area contributed by atoms with Crippen LogP contribution in [0.5, 0.6) is 0 Å². The Kier molecular flexibility index (Phi) is 3.78. The Bertz CT molecular complexity index is 453. The minimum Gasteiger partial charge on any atom is -0.465 e. The zero-order chi connectivity index (χ0) is 13.0. The van der Waals surface area contributed by atoms with Gasteiger partial charge in [-0.2, -0.15) is 0 Å². The SMILES string of the molecule is NC(=O)C1CNCCN1C(=O)C=Cc1ccco1. The summed E-state index contributed by atoms with van der Waals surface area (Å²) in [6, 6.07) is 2.89. The molecule has 0 bridgehead atoms. The van der Waals surface area contributed by atoms with Crippen LogP contribution < -0.4 is 11.1 Å². The van der Waals surface area contributed by atoms with Crippen molar-refractivity contribution in [3.63, 3.8) is 0 Å². The van der Waals surface area contributed by atoms with Crippen molar-refractivity contribution in [2.75, 3.05) is 19.6 Å². The topological polar surface area (TPSA) is 88.6 Å². The maximum absolute atomic E-state index is 12.0. The maximum Gasteiger partial charge on any atom is 0.247 e. The highest BCUT2D eigenvalue weighted by Crippen LogP contribution is 2.07. The first-order valence-corrected chi connectivity index (χ1v) is 5.70. The van der Waals surface area contributed by atoms with Gasteiger partial charge in [-0.05, 0) is 18.2 Å². The van der Waals surface area contributed by atoms with E-state index < -0.39 is 11.9 Å². The Morgan fingerprint density at radius 3 is 3.06 bits per heavy atom. The summed E-state index contributed by atoms with van der Waals surface area (Å²) in [5.41, 5.74) is 5.27. The van der Waals surface area contributed by atoms with E-state index in [2.05, 4.69) is 5.32 Å². The van der Waals surface area contributed by atoms with Crippen LogP contribution in [0.25, 0.3) is 6.08 Å². The summed E-state index contributed by atoms with van der Waals surface area (Å²) in [4.78, 5) is 24.7. The first kappa shape index (κ1) is 12.4. The summed E-state index contributed by atoms with van der Waals surface area (Å²) in [6.07, 6.45) is 4.49. The normalized spacial score (nSPS) is 20.2. The van der Waals surface area contributed by atoms with Crippen molar-refractivity contribution in [1.29, 1.82) is 0 Å². The minimum absolute atomic E-state index is 0.239. The fraction of sp³-hybridized carbons (Fsp3) is 0.333. The van der Waals surface area contributed by atoms with Crippen LogP contribution in [-0.4, -0.2) is 42.4 Å². The molecule has 0 aromatic carbocycles. The van der Waals surface area contributed by atoms with E-state index in [-0.39, 0.29) is 5.91 Å². The molecule has 1 aromatic rings. The smallest absolute Gasteiger partial charge is 0.247 e. The third-order valence-electron chi connectivity index (χ3n) is 2.79. The molecule has 6 heteroatoms. The summed E-state index contributed by atoms with van der Waals surface area (Å²) in [6.45, 7) is 1.52. The highest BCUT2D eigenvalue weighted by Gasteiger charge is 2.29. The summed E-state index contributed by atoms with van der Waals surface area (Å²) in [5.74, 6) is -0.146. The fourth-order valence-corrected chi connectivity index (χ4v) is 1.86. The fourth-order valence-electron chi connectivity index (χ4n) is 1.86. The van der Waals surface area contributed by atoms with Gasteiger partial charge in [0.2, 0.25) is 11.8 Å². The zero-order valence-electron chi connectivity index (χ0n) is 9.83. The summed E-state index contributed by atoms with van der Waals surface area (Å²) in [5, 5.41) is 3.03. The Labute approximate surface area is 104 Å². The predicted octanol–water partition coefficient (Wildman–Crippen LogP) is -0.421. The Balaban J connectivity index is 2.04. The van der Waals surface area contributed by atoms with Crippen molar-refractivity contribution in [3.05, 3.63) is 30.2 Å². The molecule has 0 saturated carbocycles. The molecule has 1 fully saturated rings. The molecule has 1 unspecified atom stereocenters. The van der Waals surface area contributed by atoms with E-state index in [1.165, 1.54) is 17.2 Å². The first-order chi connectivity index (χ1) is 8.68. The number of piperazine rings is 1. The van der Waals surface area contributed by atoms with Crippen molar-refractivity contribution in [2.24, 2.45) is 5.73 Å². The monoisotopic (exact) mass is 249 g/mol. The second-order valence-electron chi connectivity index (χ2n) is 4.00. The number of carbonyl (C=O) groups is 2. The lowest BCUT2D eigenvalue weighted by Crippen LogP contribution is -2.58. The number of nitrogens with zero attached hydrogens (tertiary/aromatic N) is 1. The number of carbonyl (C=O) groups excluding carboxylic acids is 2. The van der Waals surface area contributed by atoms with Crippen LogP contribution in [0.1, 0.15) is 5.76 Å². The largest absolute Gasteiger partial charge is 0.465 e. The number of nitrogens with one attached hydrogen (secondary N) is 1. The summed E-state index contributed by atoms with van der Waals surface area (Å²) < 4.78 is 5.08. The minimum atomic E-state index is -0.590. The number of rotatable bonds is 3. The summed E-state index contributed by atoms with van der Waals surface area (Å²) >= 11 is 0. The van der Waals surface area contributed by atoms with Crippen LogP contribution in [-0.2, 0) is 9.59 Å². The van der Waals surface area contributed by atoms with Gasteiger partial charge in [0, 0.05) is 25.7 Å². The van der Waals surface area contributed by atoms with Gasteiger partial charge in [0.1, 0.15) is 11.8 Å². The van der Waals surface area contributed by atoms with Crippen LogP contribution in [0.4, 0.5) is 0 Å². The van der Waals surface area contributed by atoms with Crippen molar-refractivity contribution in [1.82, 2.24) is 10.2 Å². The second kappa shape index (κ2) is 5.50. The molecule has 18 heavy (non-hydrogen) atoms. The molecule has 1 aliphatic heterocycles. The molecule has 1 aromatic heterocycles. The van der Waals surface area contributed by atoms with E-state index in [9.17, 15) is 9.59 Å². The van der Waals surface area contributed by atoms with Gasteiger partial charge in [-0.25, -0.2) is 0 Å². The van der Waals surface area contributed by atoms with Gasteiger partial charge < -0.3 is 20.4 Å². The molecule has 2 heterocycles. The van der Waals surface area contributed by atoms with Crippen LogP contribution in [0, 0.1) is 0 Å². The predicted molar refractivity (Wildman–Crippen MR) is 65.3 cm³/mol. The molecule has 1 saturated heterocycles. The van der Waals surface area contributed by atoms with Gasteiger partial charge in [0.15, 0.2) is 0 Å². The lowest BCUT2D eigenvalue weighted by atomic mass is 10.1. The lowest BCUT2D eigenvalue weighted by molar-refractivity contribution is -0.136. The van der Waals surface area contributed by atoms with Crippen LogP contribution in [0.3, 0.4) is 0 Å². The van der Waals surface area contributed by atoms with E-state index in [1.807, 2.05) is 0 Å². The van der Waals surface area contributed by atoms with Gasteiger partial charge >= 0.3 is 0 Å².